The van der Waals surface area contributed by atoms with Crippen molar-refractivity contribution >= 4 is 15.9 Å². The summed E-state index contributed by atoms with van der Waals surface area (Å²) in [6.45, 7) is 6.13. The van der Waals surface area contributed by atoms with E-state index in [-0.39, 0.29) is 6.04 Å². The van der Waals surface area contributed by atoms with Gasteiger partial charge in [0.05, 0.1) is 7.11 Å². The van der Waals surface area contributed by atoms with Crippen LogP contribution in [0.1, 0.15) is 31.9 Å². The van der Waals surface area contributed by atoms with Crippen molar-refractivity contribution in [1.82, 2.24) is 4.90 Å². The number of likely N-dealkylation sites (N-methyl/N-ethyl adjacent to an activating group) is 1. The van der Waals surface area contributed by atoms with Gasteiger partial charge in [0.25, 0.3) is 0 Å². The molecule has 0 fully saturated rings. The average molecular weight is 329 g/mol. The Morgan fingerprint density at radius 2 is 2.05 bits per heavy atom. The number of halogens is 1. The van der Waals surface area contributed by atoms with Crippen molar-refractivity contribution in [3.8, 4) is 5.75 Å². The van der Waals surface area contributed by atoms with Gasteiger partial charge in [-0.2, -0.15) is 0 Å². The lowest BCUT2D eigenvalue weighted by atomic mass is 10.0. The summed E-state index contributed by atoms with van der Waals surface area (Å²) in [5.41, 5.74) is 7.16. The van der Waals surface area contributed by atoms with Crippen LogP contribution in [-0.2, 0) is 0 Å². The molecule has 0 aromatic heterocycles. The van der Waals surface area contributed by atoms with Crippen LogP contribution in [-0.4, -0.2) is 32.1 Å². The molecule has 1 unspecified atom stereocenters. The molecule has 0 bridgehead atoms. The van der Waals surface area contributed by atoms with Gasteiger partial charge in [-0.1, -0.05) is 29.8 Å². The summed E-state index contributed by atoms with van der Waals surface area (Å²) in [6, 6.07) is 6.25. The lowest BCUT2D eigenvalue weighted by Gasteiger charge is -2.29. The van der Waals surface area contributed by atoms with Crippen LogP contribution in [0.25, 0.3) is 0 Å². The Bertz CT molecular complexity index is 396. The molecule has 0 heterocycles. The lowest BCUT2D eigenvalue weighted by Crippen LogP contribution is -2.32. The van der Waals surface area contributed by atoms with Gasteiger partial charge in [0.1, 0.15) is 5.75 Å². The molecule has 0 saturated carbocycles. The van der Waals surface area contributed by atoms with Gasteiger partial charge in [-0.25, -0.2) is 0 Å². The molecule has 4 heteroatoms. The summed E-state index contributed by atoms with van der Waals surface area (Å²) < 4.78 is 6.39. The largest absolute Gasteiger partial charge is 0.497 e. The summed E-state index contributed by atoms with van der Waals surface area (Å²) in [4.78, 5) is 2.32. The molecule has 0 aliphatic rings. The molecule has 1 aromatic rings. The van der Waals surface area contributed by atoms with Crippen molar-refractivity contribution in [2.45, 2.75) is 26.3 Å². The predicted molar refractivity (Wildman–Crippen MR) is 84.6 cm³/mol. The number of benzene rings is 1. The average Bonchev–Trinajstić information content (AvgIpc) is 2.39. The molecule has 108 valence electrons. The molecule has 0 aliphatic heterocycles. The van der Waals surface area contributed by atoms with E-state index in [1.807, 2.05) is 12.1 Å². The molecule has 0 aliphatic carbocycles. The smallest absolute Gasteiger partial charge is 0.119 e. The second-order valence-electron chi connectivity index (χ2n) is 5.30. The normalized spacial score (nSPS) is 13.1. The third kappa shape index (κ3) is 4.79. The molecule has 0 saturated heterocycles. The third-order valence-corrected chi connectivity index (χ3v) is 4.10. The van der Waals surface area contributed by atoms with Gasteiger partial charge in [0, 0.05) is 17.1 Å². The number of rotatable bonds is 7. The van der Waals surface area contributed by atoms with Gasteiger partial charge in [0.15, 0.2) is 0 Å². The summed E-state index contributed by atoms with van der Waals surface area (Å²) in [7, 11) is 3.82. The highest BCUT2D eigenvalue weighted by Crippen LogP contribution is 2.30. The first kappa shape index (κ1) is 16.5. The highest BCUT2D eigenvalue weighted by molar-refractivity contribution is 9.10. The Morgan fingerprint density at radius 3 is 2.58 bits per heavy atom. The quantitative estimate of drug-likeness (QED) is 0.833. The van der Waals surface area contributed by atoms with Gasteiger partial charge >= 0.3 is 0 Å². The zero-order valence-corrected chi connectivity index (χ0v) is 13.9. The fourth-order valence-electron chi connectivity index (χ4n) is 2.07. The molecule has 3 nitrogen and oxygen atoms in total. The molecule has 19 heavy (non-hydrogen) atoms. The highest BCUT2D eigenvalue weighted by atomic mass is 79.9. The Hall–Kier alpha value is -0.580. The van der Waals surface area contributed by atoms with Crippen molar-refractivity contribution in [3.63, 3.8) is 0 Å². The van der Waals surface area contributed by atoms with Crippen molar-refractivity contribution < 1.29 is 4.74 Å². The second kappa shape index (κ2) is 7.88. The molecule has 0 amide bonds. The minimum atomic E-state index is 0.211. The van der Waals surface area contributed by atoms with Crippen molar-refractivity contribution in [2.24, 2.45) is 11.7 Å². The molecular weight excluding hydrogens is 304 g/mol. The van der Waals surface area contributed by atoms with Crippen LogP contribution in [0.4, 0.5) is 0 Å². The van der Waals surface area contributed by atoms with Crippen LogP contribution in [0.3, 0.4) is 0 Å². The zero-order valence-electron chi connectivity index (χ0n) is 12.3. The molecule has 0 radical (unpaired) electrons. The molecule has 1 aromatic carbocycles. The van der Waals surface area contributed by atoms with E-state index in [0.717, 1.165) is 16.8 Å². The van der Waals surface area contributed by atoms with Gasteiger partial charge in [0.2, 0.25) is 0 Å². The maximum absolute atomic E-state index is 5.97. The number of ether oxygens (including phenoxy) is 1. The van der Waals surface area contributed by atoms with E-state index in [0.29, 0.717) is 12.5 Å². The van der Waals surface area contributed by atoms with Crippen LogP contribution in [0.15, 0.2) is 22.7 Å². The van der Waals surface area contributed by atoms with Crippen molar-refractivity contribution in [3.05, 3.63) is 28.2 Å². The number of nitrogens with zero attached hydrogens (tertiary/aromatic N) is 1. The van der Waals surface area contributed by atoms with E-state index < -0.39 is 0 Å². The summed E-state index contributed by atoms with van der Waals surface area (Å²) in [5.74, 6) is 1.57. The molecular formula is C15H25BrN2O. The minimum Gasteiger partial charge on any atom is -0.497 e. The van der Waals surface area contributed by atoms with Gasteiger partial charge in [-0.15, -0.1) is 0 Å². The summed E-state index contributed by atoms with van der Waals surface area (Å²) >= 11 is 3.61. The number of methoxy groups -OCH3 is 1. The highest BCUT2D eigenvalue weighted by Gasteiger charge is 2.18. The Balaban J connectivity index is 2.89. The van der Waals surface area contributed by atoms with Gasteiger partial charge in [-0.05, 0) is 49.7 Å². The Kier molecular flexibility index (Phi) is 6.83. The predicted octanol–water partition coefficient (Wildman–Crippen LogP) is 3.44. The van der Waals surface area contributed by atoms with Gasteiger partial charge < -0.3 is 10.5 Å². The molecule has 0 spiro atoms. The third-order valence-electron chi connectivity index (χ3n) is 3.38. The summed E-state index contributed by atoms with van der Waals surface area (Å²) in [5, 5.41) is 0. The fourth-order valence-corrected chi connectivity index (χ4v) is 2.58. The first-order valence-corrected chi connectivity index (χ1v) is 7.52. The van der Waals surface area contributed by atoms with E-state index in [1.54, 1.807) is 7.11 Å². The maximum Gasteiger partial charge on any atom is 0.119 e. The summed E-state index contributed by atoms with van der Waals surface area (Å²) in [6.07, 6.45) is 1.18. The van der Waals surface area contributed by atoms with Crippen LogP contribution in [0.5, 0.6) is 5.75 Å². The first-order valence-electron chi connectivity index (χ1n) is 6.73. The van der Waals surface area contributed by atoms with Crippen LogP contribution in [0, 0.1) is 5.92 Å². The minimum absolute atomic E-state index is 0.211. The van der Waals surface area contributed by atoms with Gasteiger partial charge in [-0.3, -0.25) is 4.90 Å². The Labute approximate surface area is 125 Å². The van der Waals surface area contributed by atoms with Crippen LogP contribution >= 0.6 is 15.9 Å². The van der Waals surface area contributed by atoms with E-state index >= 15 is 0 Å². The second-order valence-corrected chi connectivity index (χ2v) is 6.16. The number of hydrogen-bond donors (Lipinski definition) is 1. The Morgan fingerprint density at radius 1 is 1.37 bits per heavy atom. The SMILES string of the molecule is COc1ccc(Br)c(C(CN)N(C)CCC(C)C)c1. The van der Waals surface area contributed by atoms with E-state index in [2.05, 4.69) is 47.8 Å². The first-order chi connectivity index (χ1) is 8.99. The molecule has 1 atom stereocenters. The topological polar surface area (TPSA) is 38.5 Å². The van der Waals surface area contributed by atoms with E-state index in [9.17, 15) is 0 Å². The van der Waals surface area contributed by atoms with Crippen LogP contribution < -0.4 is 10.5 Å². The molecule has 1 rings (SSSR count). The number of nitrogens with two attached hydrogens (primary N) is 1. The van der Waals surface area contributed by atoms with Crippen molar-refractivity contribution in [2.75, 3.05) is 27.2 Å². The zero-order chi connectivity index (χ0) is 14.4. The number of hydrogen-bond acceptors (Lipinski definition) is 3. The van der Waals surface area contributed by atoms with E-state index in [4.69, 9.17) is 10.5 Å². The fraction of sp³-hybridized carbons (Fsp3) is 0.600. The lowest BCUT2D eigenvalue weighted by molar-refractivity contribution is 0.235. The maximum atomic E-state index is 5.97. The monoisotopic (exact) mass is 328 g/mol. The van der Waals surface area contributed by atoms with E-state index in [1.165, 1.54) is 12.0 Å². The molecule has 2 N–H and O–H groups in total. The van der Waals surface area contributed by atoms with Crippen molar-refractivity contribution in [1.29, 1.82) is 0 Å². The standard InChI is InChI=1S/C15H25BrN2O/c1-11(2)7-8-18(3)15(10-17)13-9-12(19-4)5-6-14(13)16/h5-6,9,11,15H,7-8,10,17H2,1-4H3. The van der Waals surface area contributed by atoms with Crippen LogP contribution in [0.2, 0.25) is 0 Å².